The average Bonchev–Trinajstić information content (AvgIpc) is 2.05. The molecule has 4 nitrogen and oxygen atoms in total. The van der Waals surface area contributed by atoms with Crippen molar-refractivity contribution in [2.75, 3.05) is 19.6 Å². The molecule has 0 heterocycles. The first-order chi connectivity index (χ1) is 5.17. The Labute approximate surface area is 67.5 Å². The number of hydrogen-bond acceptors (Lipinski definition) is 3. The summed E-state index contributed by atoms with van der Waals surface area (Å²) in [6.07, 6.45) is 0. The van der Waals surface area contributed by atoms with Crippen LogP contribution in [0.25, 0.3) is 0 Å². The molecule has 0 rings (SSSR count). The molecule has 0 spiro atoms. The fourth-order valence-corrected chi connectivity index (χ4v) is 0.871. The Kier molecular flexibility index (Phi) is 4.81. The molecule has 1 atom stereocenters. The SMILES string of the molecule is CCN(CC)C(=O)C(N)CN. The molecule has 0 aromatic heterocycles. The lowest BCUT2D eigenvalue weighted by molar-refractivity contribution is -0.131. The standard InChI is InChI=1S/C7H17N3O/c1-3-10(4-2)7(11)6(9)5-8/h6H,3-5,8-9H2,1-2H3. The van der Waals surface area contributed by atoms with E-state index in [1.165, 1.54) is 0 Å². The van der Waals surface area contributed by atoms with Gasteiger partial charge in [-0.05, 0) is 13.8 Å². The molecule has 0 bridgehead atoms. The number of hydrogen-bond donors (Lipinski definition) is 2. The van der Waals surface area contributed by atoms with Crippen molar-refractivity contribution in [2.45, 2.75) is 19.9 Å². The smallest absolute Gasteiger partial charge is 0.240 e. The van der Waals surface area contributed by atoms with Crippen LogP contribution in [0, 0.1) is 0 Å². The quantitative estimate of drug-likeness (QED) is 0.560. The van der Waals surface area contributed by atoms with Crippen molar-refractivity contribution in [2.24, 2.45) is 11.5 Å². The van der Waals surface area contributed by atoms with Crippen LogP contribution in [0.2, 0.25) is 0 Å². The Morgan fingerprint density at radius 2 is 1.91 bits per heavy atom. The summed E-state index contributed by atoms with van der Waals surface area (Å²) < 4.78 is 0. The molecule has 4 heteroatoms. The summed E-state index contributed by atoms with van der Waals surface area (Å²) in [4.78, 5) is 12.9. The molecule has 0 saturated carbocycles. The minimum atomic E-state index is -0.533. The normalized spacial score (nSPS) is 12.7. The van der Waals surface area contributed by atoms with Gasteiger partial charge in [0.05, 0.1) is 6.04 Å². The average molecular weight is 159 g/mol. The predicted molar refractivity (Wildman–Crippen MR) is 45.0 cm³/mol. The predicted octanol–water partition coefficient (Wildman–Crippen LogP) is -0.859. The summed E-state index contributed by atoms with van der Waals surface area (Å²) in [5, 5.41) is 0. The van der Waals surface area contributed by atoms with Gasteiger partial charge in [0.25, 0.3) is 0 Å². The highest BCUT2D eigenvalue weighted by Gasteiger charge is 2.16. The number of likely N-dealkylation sites (N-methyl/N-ethyl adjacent to an activating group) is 1. The third-order valence-electron chi connectivity index (χ3n) is 1.65. The maximum Gasteiger partial charge on any atom is 0.240 e. The molecular formula is C7H17N3O. The van der Waals surface area contributed by atoms with Crippen LogP contribution in [0.1, 0.15) is 13.8 Å². The van der Waals surface area contributed by atoms with Crippen LogP contribution in [-0.2, 0) is 4.79 Å². The second-order valence-electron chi connectivity index (χ2n) is 2.35. The topological polar surface area (TPSA) is 72.3 Å². The van der Waals surface area contributed by atoms with Crippen LogP contribution >= 0.6 is 0 Å². The first-order valence-electron chi connectivity index (χ1n) is 3.91. The van der Waals surface area contributed by atoms with E-state index < -0.39 is 6.04 Å². The van der Waals surface area contributed by atoms with Gasteiger partial charge in [-0.15, -0.1) is 0 Å². The Bertz CT molecular complexity index is 123. The summed E-state index contributed by atoms with van der Waals surface area (Å²) >= 11 is 0. The van der Waals surface area contributed by atoms with E-state index in [0.29, 0.717) is 13.1 Å². The van der Waals surface area contributed by atoms with Gasteiger partial charge in [0.1, 0.15) is 0 Å². The van der Waals surface area contributed by atoms with E-state index >= 15 is 0 Å². The van der Waals surface area contributed by atoms with Crippen molar-refractivity contribution in [3.8, 4) is 0 Å². The molecule has 66 valence electrons. The maximum absolute atomic E-state index is 11.3. The lowest BCUT2D eigenvalue weighted by atomic mass is 10.2. The Morgan fingerprint density at radius 3 is 2.18 bits per heavy atom. The van der Waals surface area contributed by atoms with E-state index in [2.05, 4.69) is 0 Å². The zero-order chi connectivity index (χ0) is 8.85. The number of rotatable bonds is 4. The van der Waals surface area contributed by atoms with Crippen molar-refractivity contribution in [1.82, 2.24) is 4.90 Å². The Hall–Kier alpha value is -0.610. The van der Waals surface area contributed by atoms with Crippen molar-refractivity contribution < 1.29 is 4.79 Å². The van der Waals surface area contributed by atoms with E-state index in [4.69, 9.17) is 11.5 Å². The molecule has 0 aliphatic rings. The highest BCUT2D eigenvalue weighted by Crippen LogP contribution is 1.90. The van der Waals surface area contributed by atoms with E-state index in [0.717, 1.165) is 0 Å². The summed E-state index contributed by atoms with van der Waals surface area (Å²) in [5.74, 6) is -0.0579. The minimum absolute atomic E-state index is 0.0579. The van der Waals surface area contributed by atoms with E-state index in [1.54, 1.807) is 4.90 Å². The molecule has 0 saturated heterocycles. The third-order valence-corrected chi connectivity index (χ3v) is 1.65. The highest BCUT2D eigenvalue weighted by molar-refractivity contribution is 5.81. The molecule has 0 aliphatic heterocycles. The molecule has 1 amide bonds. The first kappa shape index (κ1) is 10.4. The first-order valence-corrected chi connectivity index (χ1v) is 3.91. The number of carbonyl (C=O) groups excluding carboxylic acids is 1. The summed E-state index contributed by atoms with van der Waals surface area (Å²) in [7, 11) is 0. The minimum Gasteiger partial charge on any atom is -0.342 e. The lowest BCUT2D eigenvalue weighted by Gasteiger charge is -2.21. The van der Waals surface area contributed by atoms with Gasteiger partial charge >= 0.3 is 0 Å². The summed E-state index contributed by atoms with van der Waals surface area (Å²) in [6, 6.07) is -0.533. The number of nitrogens with two attached hydrogens (primary N) is 2. The monoisotopic (exact) mass is 159 g/mol. The molecular weight excluding hydrogens is 142 g/mol. The molecule has 1 unspecified atom stereocenters. The van der Waals surface area contributed by atoms with Gasteiger partial charge in [0.2, 0.25) is 5.91 Å². The fourth-order valence-electron chi connectivity index (χ4n) is 0.871. The van der Waals surface area contributed by atoms with Gasteiger partial charge in [-0.3, -0.25) is 4.79 Å². The van der Waals surface area contributed by atoms with Gasteiger partial charge in [0.15, 0.2) is 0 Å². The molecule has 0 aromatic carbocycles. The van der Waals surface area contributed by atoms with Crippen LogP contribution in [-0.4, -0.2) is 36.5 Å². The summed E-state index contributed by atoms with van der Waals surface area (Å²) in [5.41, 5.74) is 10.7. The van der Waals surface area contributed by atoms with Gasteiger partial charge < -0.3 is 16.4 Å². The van der Waals surface area contributed by atoms with Crippen LogP contribution in [0.4, 0.5) is 0 Å². The van der Waals surface area contributed by atoms with Crippen LogP contribution in [0.3, 0.4) is 0 Å². The molecule has 0 aliphatic carbocycles. The molecule has 0 fully saturated rings. The molecule has 4 N–H and O–H groups in total. The largest absolute Gasteiger partial charge is 0.342 e. The zero-order valence-corrected chi connectivity index (χ0v) is 7.21. The van der Waals surface area contributed by atoms with Crippen molar-refractivity contribution in [1.29, 1.82) is 0 Å². The van der Waals surface area contributed by atoms with Crippen molar-refractivity contribution >= 4 is 5.91 Å². The zero-order valence-electron chi connectivity index (χ0n) is 7.21. The molecule has 11 heavy (non-hydrogen) atoms. The van der Waals surface area contributed by atoms with E-state index in [-0.39, 0.29) is 12.5 Å². The van der Waals surface area contributed by atoms with Crippen LogP contribution in [0.5, 0.6) is 0 Å². The number of nitrogens with zero attached hydrogens (tertiary/aromatic N) is 1. The van der Waals surface area contributed by atoms with Gasteiger partial charge in [-0.1, -0.05) is 0 Å². The van der Waals surface area contributed by atoms with Gasteiger partial charge in [-0.25, -0.2) is 0 Å². The number of carbonyl (C=O) groups is 1. The fraction of sp³-hybridized carbons (Fsp3) is 0.857. The van der Waals surface area contributed by atoms with Gasteiger partial charge in [0, 0.05) is 19.6 Å². The second-order valence-corrected chi connectivity index (χ2v) is 2.35. The highest BCUT2D eigenvalue weighted by atomic mass is 16.2. The molecule has 0 aromatic rings. The lowest BCUT2D eigenvalue weighted by Crippen LogP contribution is -2.47. The second kappa shape index (κ2) is 5.09. The van der Waals surface area contributed by atoms with E-state index in [9.17, 15) is 4.79 Å². The van der Waals surface area contributed by atoms with Crippen molar-refractivity contribution in [3.63, 3.8) is 0 Å². The Balaban J connectivity index is 3.97. The van der Waals surface area contributed by atoms with E-state index in [1.807, 2.05) is 13.8 Å². The van der Waals surface area contributed by atoms with Crippen LogP contribution in [0.15, 0.2) is 0 Å². The van der Waals surface area contributed by atoms with Crippen molar-refractivity contribution in [3.05, 3.63) is 0 Å². The maximum atomic E-state index is 11.3. The number of amides is 1. The summed E-state index contributed by atoms with van der Waals surface area (Å²) in [6.45, 7) is 5.46. The van der Waals surface area contributed by atoms with Gasteiger partial charge in [-0.2, -0.15) is 0 Å². The molecule has 0 radical (unpaired) electrons. The third kappa shape index (κ3) is 2.86. The Morgan fingerprint density at radius 1 is 1.45 bits per heavy atom. The van der Waals surface area contributed by atoms with Crippen LogP contribution < -0.4 is 11.5 Å².